The summed E-state index contributed by atoms with van der Waals surface area (Å²) in [5.74, 6) is 2.39. The zero-order valence-corrected chi connectivity index (χ0v) is 13.1. The van der Waals surface area contributed by atoms with E-state index in [1.54, 1.807) is 7.11 Å². The Morgan fingerprint density at radius 1 is 0.800 bits per heavy atom. The lowest BCUT2D eigenvalue weighted by molar-refractivity contribution is 0.279. The van der Waals surface area contributed by atoms with E-state index >= 15 is 0 Å². The summed E-state index contributed by atoms with van der Waals surface area (Å²) >= 11 is 0. The highest BCUT2D eigenvalue weighted by atomic mass is 16.5. The molecule has 0 saturated carbocycles. The van der Waals surface area contributed by atoms with Crippen molar-refractivity contribution in [2.24, 2.45) is 0 Å². The molecule has 0 aromatic heterocycles. The molecule has 0 aliphatic carbocycles. The molecule has 0 radical (unpaired) electrons. The third kappa shape index (κ3) is 6.18. The maximum Gasteiger partial charge on any atom is 0.164 e. The minimum absolute atomic E-state index is 0.737. The molecule has 0 bridgehead atoms. The third-order valence-electron chi connectivity index (χ3n) is 3.16. The van der Waals surface area contributed by atoms with Crippen LogP contribution in [0.4, 0.5) is 0 Å². The highest BCUT2D eigenvalue weighted by molar-refractivity contribution is 5.45. The molecule has 1 rings (SSSR count). The van der Waals surface area contributed by atoms with E-state index in [0.29, 0.717) is 0 Å². The van der Waals surface area contributed by atoms with Gasteiger partial charge < -0.3 is 14.2 Å². The van der Waals surface area contributed by atoms with Crippen LogP contribution in [0.25, 0.3) is 0 Å². The second kappa shape index (κ2) is 10.4. The van der Waals surface area contributed by atoms with E-state index < -0.39 is 0 Å². The fourth-order valence-electron chi connectivity index (χ4n) is 1.93. The Kier molecular flexibility index (Phi) is 8.68. The summed E-state index contributed by atoms with van der Waals surface area (Å²) in [6.45, 7) is 5.87. The molecule has 3 heteroatoms. The first-order valence-electron chi connectivity index (χ1n) is 7.75. The van der Waals surface area contributed by atoms with Crippen molar-refractivity contribution in [2.75, 3.05) is 20.3 Å². The summed E-state index contributed by atoms with van der Waals surface area (Å²) in [7, 11) is 1.66. The predicted octanol–water partition coefficient (Wildman–Crippen LogP) is 4.83. The lowest BCUT2D eigenvalue weighted by Crippen LogP contribution is -2.01. The molecule has 0 atom stereocenters. The van der Waals surface area contributed by atoms with E-state index in [0.717, 1.165) is 43.3 Å². The molecule has 0 aliphatic heterocycles. The largest absolute Gasteiger partial charge is 0.493 e. The summed E-state index contributed by atoms with van der Waals surface area (Å²) < 4.78 is 16.8. The maximum atomic E-state index is 5.75. The zero-order valence-electron chi connectivity index (χ0n) is 13.1. The molecular formula is C17H28O3. The Bertz CT molecular complexity index is 363. The third-order valence-corrected chi connectivity index (χ3v) is 3.16. The second-order valence-electron chi connectivity index (χ2n) is 4.92. The summed E-state index contributed by atoms with van der Waals surface area (Å²) in [6.07, 6.45) is 6.97. The molecular weight excluding hydrogens is 252 g/mol. The van der Waals surface area contributed by atoms with Crippen molar-refractivity contribution in [1.82, 2.24) is 0 Å². The molecule has 0 spiro atoms. The molecule has 114 valence electrons. The first kappa shape index (κ1) is 16.7. The molecule has 0 unspecified atom stereocenters. The van der Waals surface area contributed by atoms with Gasteiger partial charge in [0.05, 0.1) is 20.3 Å². The first-order valence-corrected chi connectivity index (χ1v) is 7.75. The van der Waals surface area contributed by atoms with Gasteiger partial charge in [0.2, 0.25) is 0 Å². The van der Waals surface area contributed by atoms with E-state index in [-0.39, 0.29) is 0 Å². The molecule has 20 heavy (non-hydrogen) atoms. The molecule has 0 saturated heterocycles. The Morgan fingerprint density at radius 2 is 1.45 bits per heavy atom. The SMILES string of the molecule is CCCCCOc1ccc(OCCCCC)c(OC)c1. The summed E-state index contributed by atoms with van der Waals surface area (Å²) in [5, 5.41) is 0. The minimum atomic E-state index is 0.737. The summed E-state index contributed by atoms with van der Waals surface area (Å²) in [5.41, 5.74) is 0. The standard InChI is InChI=1S/C17H28O3/c1-4-6-8-12-19-15-10-11-16(17(14-15)18-3)20-13-9-7-5-2/h10-11,14H,4-9,12-13H2,1-3H3. The molecule has 0 fully saturated rings. The molecule has 1 aromatic rings. The fraction of sp³-hybridized carbons (Fsp3) is 0.647. The van der Waals surface area contributed by atoms with Gasteiger partial charge in [-0.15, -0.1) is 0 Å². The van der Waals surface area contributed by atoms with Gasteiger partial charge >= 0.3 is 0 Å². The van der Waals surface area contributed by atoms with Crippen molar-refractivity contribution < 1.29 is 14.2 Å². The van der Waals surface area contributed by atoms with E-state index in [4.69, 9.17) is 14.2 Å². The molecule has 3 nitrogen and oxygen atoms in total. The highest BCUT2D eigenvalue weighted by Gasteiger charge is 2.06. The Balaban J connectivity index is 2.47. The van der Waals surface area contributed by atoms with Crippen molar-refractivity contribution >= 4 is 0 Å². The van der Waals surface area contributed by atoms with Crippen LogP contribution < -0.4 is 14.2 Å². The Labute approximate surface area is 123 Å². The van der Waals surface area contributed by atoms with Crippen LogP contribution in [-0.2, 0) is 0 Å². The van der Waals surface area contributed by atoms with Gasteiger partial charge in [0.15, 0.2) is 11.5 Å². The quantitative estimate of drug-likeness (QED) is 0.543. The van der Waals surface area contributed by atoms with Gasteiger partial charge in [-0.1, -0.05) is 39.5 Å². The number of unbranched alkanes of at least 4 members (excludes halogenated alkanes) is 4. The lowest BCUT2D eigenvalue weighted by atomic mass is 10.2. The minimum Gasteiger partial charge on any atom is -0.493 e. The van der Waals surface area contributed by atoms with Gasteiger partial charge in [0.1, 0.15) is 5.75 Å². The average molecular weight is 280 g/mol. The highest BCUT2D eigenvalue weighted by Crippen LogP contribution is 2.31. The van der Waals surface area contributed by atoms with Crippen LogP contribution in [-0.4, -0.2) is 20.3 Å². The first-order chi connectivity index (χ1) is 9.81. The van der Waals surface area contributed by atoms with Gasteiger partial charge in [0.25, 0.3) is 0 Å². The van der Waals surface area contributed by atoms with Gasteiger partial charge in [0, 0.05) is 6.07 Å². The number of rotatable bonds is 11. The second-order valence-corrected chi connectivity index (χ2v) is 4.92. The van der Waals surface area contributed by atoms with Gasteiger partial charge in [-0.2, -0.15) is 0 Å². The van der Waals surface area contributed by atoms with Crippen LogP contribution >= 0.6 is 0 Å². The van der Waals surface area contributed by atoms with Crippen LogP contribution in [0.1, 0.15) is 52.4 Å². The smallest absolute Gasteiger partial charge is 0.164 e. The van der Waals surface area contributed by atoms with Crippen LogP contribution in [0.5, 0.6) is 17.2 Å². The van der Waals surface area contributed by atoms with Crippen molar-refractivity contribution in [3.63, 3.8) is 0 Å². The van der Waals surface area contributed by atoms with E-state index in [1.165, 1.54) is 25.7 Å². The van der Waals surface area contributed by atoms with Crippen molar-refractivity contribution in [3.8, 4) is 17.2 Å². The summed E-state index contributed by atoms with van der Waals surface area (Å²) in [6, 6.07) is 5.78. The molecule has 0 amide bonds. The Morgan fingerprint density at radius 3 is 2.05 bits per heavy atom. The number of benzene rings is 1. The lowest BCUT2D eigenvalue weighted by Gasteiger charge is -2.12. The van der Waals surface area contributed by atoms with Crippen molar-refractivity contribution in [3.05, 3.63) is 18.2 Å². The maximum absolute atomic E-state index is 5.75. The van der Waals surface area contributed by atoms with E-state index in [1.807, 2.05) is 18.2 Å². The van der Waals surface area contributed by atoms with Crippen LogP contribution in [0.2, 0.25) is 0 Å². The number of hydrogen-bond acceptors (Lipinski definition) is 3. The molecule has 0 aliphatic rings. The number of hydrogen-bond donors (Lipinski definition) is 0. The van der Waals surface area contributed by atoms with Crippen LogP contribution in [0, 0.1) is 0 Å². The van der Waals surface area contributed by atoms with Gasteiger partial charge in [-0.25, -0.2) is 0 Å². The monoisotopic (exact) mass is 280 g/mol. The van der Waals surface area contributed by atoms with Crippen molar-refractivity contribution in [2.45, 2.75) is 52.4 Å². The topological polar surface area (TPSA) is 27.7 Å². The normalized spacial score (nSPS) is 10.3. The van der Waals surface area contributed by atoms with E-state index in [9.17, 15) is 0 Å². The predicted molar refractivity (Wildman–Crippen MR) is 83.0 cm³/mol. The molecule has 1 aromatic carbocycles. The van der Waals surface area contributed by atoms with Gasteiger partial charge in [-0.3, -0.25) is 0 Å². The molecule has 0 heterocycles. The molecule has 0 N–H and O–H groups in total. The van der Waals surface area contributed by atoms with E-state index in [2.05, 4.69) is 13.8 Å². The Hall–Kier alpha value is -1.38. The van der Waals surface area contributed by atoms with Gasteiger partial charge in [-0.05, 0) is 25.0 Å². The fourth-order valence-corrected chi connectivity index (χ4v) is 1.93. The number of methoxy groups -OCH3 is 1. The van der Waals surface area contributed by atoms with Crippen LogP contribution in [0.15, 0.2) is 18.2 Å². The van der Waals surface area contributed by atoms with Crippen molar-refractivity contribution in [1.29, 1.82) is 0 Å². The summed E-state index contributed by atoms with van der Waals surface area (Å²) in [4.78, 5) is 0. The zero-order chi connectivity index (χ0) is 14.6. The number of ether oxygens (including phenoxy) is 3. The van der Waals surface area contributed by atoms with Crippen LogP contribution in [0.3, 0.4) is 0 Å². The average Bonchev–Trinajstić information content (AvgIpc) is 2.49.